The van der Waals surface area contributed by atoms with Gasteiger partial charge < -0.3 is 5.32 Å². The SMILES string of the molecule is CC(C)(C)NC(=O)c1cc(CC(=O)C2(c3cccc(Cl)c3)CC2)ccn1. The fourth-order valence-corrected chi connectivity index (χ4v) is 3.30. The van der Waals surface area contributed by atoms with Gasteiger partial charge in [0.2, 0.25) is 0 Å². The predicted molar refractivity (Wildman–Crippen MR) is 103 cm³/mol. The molecule has 0 unspecified atom stereocenters. The van der Waals surface area contributed by atoms with Gasteiger partial charge in [-0.05, 0) is 69.0 Å². The van der Waals surface area contributed by atoms with Gasteiger partial charge in [-0.3, -0.25) is 14.6 Å². The number of ketones is 1. The Morgan fingerprint density at radius 3 is 2.54 bits per heavy atom. The summed E-state index contributed by atoms with van der Waals surface area (Å²) in [5.74, 6) is -0.0732. The molecule has 0 aliphatic heterocycles. The summed E-state index contributed by atoms with van der Waals surface area (Å²) in [5.41, 5.74) is 1.35. The number of halogens is 1. The molecule has 0 atom stereocenters. The number of Topliss-reactive ketones (excluding diaryl/α,β-unsaturated/α-hetero) is 1. The number of hydrogen-bond acceptors (Lipinski definition) is 3. The second-order valence-corrected chi connectivity index (χ2v) is 8.38. The third-order valence-electron chi connectivity index (χ3n) is 4.57. The van der Waals surface area contributed by atoms with Crippen molar-refractivity contribution in [1.29, 1.82) is 0 Å². The molecule has 1 saturated carbocycles. The van der Waals surface area contributed by atoms with E-state index in [0.717, 1.165) is 24.0 Å². The number of aromatic nitrogens is 1. The van der Waals surface area contributed by atoms with Crippen LogP contribution in [0.25, 0.3) is 0 Å². The van der Waals surface area contributed by atoms with Gasteiger partial charge in [-0.15, -0.1) is 0 Å². The van der Waals surface area contributed by atoms with Gasteiger partial charge in [-0.2, -0.15) is 0 Å². The maximum absolute atomic E-state index is 13.0. The molecule has 2 aromatic rings. The lowest BCUT2D eigenvalue weighted by Gasteiger charge is -2.20. The summed E-state index contributed by atoms with van der Waals surface area (Å²) in [6.45, 7) is 5.75. The molecule has 1 heterocycles. The molecule has 1 N–H and O–H groups in total. The first-order valence-electron chi connectivity index (χ1n) is 8.76. The molecule has 136 valence electrons. The number of pyridine rings is 1. The van der Waals surface area contributed by atoms with E-state index >= 15 is 0 Å². The van der Waals surface area contributed by atoms with Gasteiger partial charge in [0.15, 0.2) is 0 Å². The molecule has 0 saturated heterocycles. The van der Waals surface area contributed by atoms with Crippen molar-refractivity contribution in [2.24, 2.45) is 0 Å². The number of rotatable bonds is 5. The average Bonchev–Trinajstić information content (AvgIpc) is 3.35. The van der Waals surface area contributed by atoms with E-state index in [2.05, 4.69) is 10.3 Å². The third-order valence-corrected chi connectivity index (χ3v) is 4.81. The lowest BCUT2D eigenvalue weighted by molar-refractivity contribution is -0.120. The first-order chi connectivity index (χ1) is 12.2. The summed E-state index contributed by atoms with van der Waals surface area (Å²) in [6.07, 6.45) is 3.55. The first-order valence-corrected chi connectivity index (χ1v) is 9.14. The van der Waals surface area contributed by atoms with Crippen LogP contribution in [-0.2, 0) is 16.6 Å². The first kappa shape index (κ1) is 18.6. The van der Waals surface area contributed by atoms with Crippen LogP contribution in [0.15, 0.2) is 42.6 Å². The lowest BCUT2D eigenvalue weighted by Crippen LogP contribution is -2.41. The van der Waals surface area contributed by atoms with Gasteiger partial charge in [-0.1, -0.05) is 23.7 Å². The van der Waals surface area contributed by atoms with E-state index in [9.17, 15) is 9.59 Å². The summed E-state index contributed by atoms with van der Waals surface area (Å²) in [5, 5.41) is 3.53. The molecular formula is C21H23ClN2O2. The highest BCUT2D eigenvalue weighted by Gasteiger charge is 2.50. The Bertz CT molecular complexity index is 851. The lowest BCUT2D eigenvalue weighted by atomic mass is 9.88. The molecule has 4 nitrogen and oxygen atoms in total. The summed E-state index contributed by atoms with van der Waals surface area (Å²) in [7, 11) is 0. The number of carbonyl (C=O) groups excluding carboxylic acids is 2. The summed E-state index contributed by atoms with van der Waals surface area (Å²) < 4.78 is 0. The largest absolute Gasteiger partial charge is 0.346 e. The molecule has 1 aliphatic rings. The number of hydrogen-bond donors (Lipinski definition) is 1. The minimum absolute atomic E-state index is 0.160. The summed E-state index contributed by atoms with van der Waals surface area (Å²) in [4.78, 5) is 29.4. The fraction of sp³-hybridized carbons (Fsp3) is 0.381. The molecule has 0 radical (unpaired) electrons. The highest BCUT2D eigenvalue weighted by Crippen LogP contribution is 2.50. The maximum Gasteiger partial charge on any atom is 0.270 e. The van der Waals surface area contributed by atoms with Crippen LogP contribution >= 0.6 is 11.6 Å². The van der Waals surface area contributed by atoms with Crippen molar-refractivity contribution in [3.63, 3.8) is 0 Å². The van der Waals surface area contributed by atoms with E-state index in [1.807, 2.05) is 45.0 Å². The maximum atomic E-state index is 13.0. The van der Waals surface area contributed by atoms with Crippen LogP contribution in [0.3, 0.4) is 0 Å². The van der Waals surface area contributed by atoms with Crippen molar-refractivity contribution in [1.82, 2.24) is 10.3 Å². The molecular weight excluding hydrogens is 348 g/mol. The second-order valence-electron chi connectivity index (χ2n) is 7.95. The van der Waals surface area contributed by atoms with E-state index in [0.29, 0.717) is 10.7 Å². The number of nitrogens with zero attached hydrogens (tertiary/aromatic N) is 1. The Balaban J connectivity index is 1.76. The zero-order chi connectivity index (χ0) is 18.9. The van der Waals surface area contributed by atoms with Gasteiger partial charge in [0.05, 0.1) is 5.41 Å². The van der Waals surface area contributed by atoms with E-state index in [1.54, 1.807) is 18.3 Å². The Labute approximate surface area is 159 Å². The molecule has 1 aliphatic carbocycles. The zero-order valence-electron chi connectivity index (χ0n) is 15.3. The van der Waals surface area contributed by atoms with Crippen LogP contribution in [0, 0.1) is 0 Å². The molecule has 1 amide bonds. The van der Waals surface area contributed by atoms with E-state index in [1.165, 1.54) is 0 Å². The number of amides is 1. The van der Waals surface area contributed by atoms with E-state index < -0.39 is 5.41 Å². The van der Waals surface area contributed by atoms with Crippen molar-refractivity contribution in [3.05, 3.63) is 64.4 Å². The minimum atomic E-state index is -0.429. The zero-order valence-corrected chi connectivity index (χ0v) is 16.1. The minimum Gasteiger partial charge on any atom is -0.346 e. The van der Waals surface area contributed by atoms with Crippen molar-refractivity contribution in [2.75, 3.05) is 0 Å². The van der Waals surface area contributed by atoms with Crippen LogP contribution in [0.2, 0.25) is 5.02 Å². The smallest absolute Gasteiger partial charge is 0.270 e. The third kappa shape index (κ3) is 4.13. The highest BCUT2D eigenvalue weighted by atomic mass is 35.5. The van der Waals surface area contributed by atoms with Gasteiger partial charge in [0.1, 0.15) is 11.5 Å². The van der Waals surface area contributed by atoms with Crippen LogP contribution < -0.4 is 5.32 Å². The normalized spacial score (nSPS) is 15.4. The van der Waals surface area contributed by atoms with E-state index in [4.69, 9.17) is 11.6 Å². The quantitative estimate of drug-likeness (QED) is 0.861. The van der Waals surface area contributed by atoms with Gasteiger partial charge in [-0.25, -0.2) is 0 Å². The predicted octanol–water partition coefficient (Wildman–Crippen LogP) is 4.11. The Hall–Kier alpha value is -2.20. The second kappa shape index (κ2) is 6.84. The molecule has 3 rings (SSSR count). The molecule has 5 heteroatoms. The molecule has 1 fully saturated rings. The average molecular weight is 371 g/mol. The molecule has 0 spiro atoms. The van der Waals surface area contributed by atoms with Crippen molar-refractivity contribution < 1.29 is 9.59 Å². The van der Waals surface area contributed by atoms with Crippen molar-refractivity contribution in [3.8, 4) is 0 Å². The van der Waals surface area contributed by atoms with Crippen LogP contribution in [0.1, 0.15) is 55.2 Å². The molecule has 1 aromatic heterocycles. The standard InChI is InChI=1S/C21H23ClN2O2/c1-20(2,3)24-19(26)17-11-14(7-10-23-17)12-18(25)21(8-9-21)15-5-4-6-16(22)13-15/h4-7,10-11,13H,8-9,12H2,1-3H3,(H,24,26). The summed E-state index contributed by atoms with van der Waals surface area (Å²) in [6, 6.07) is 11.0. The topological polar surface area (TPSA) is 59.1 Å². The van der Waals surface area contributed by atoms with Crippen molar-refractivity contribution in [2.45, 2.75) is 51.0 Å². The number of nitrogens with one attached hydrogen (secondary N) is 1. The molecule has 0 bridgehead atoms. The van der Waals surface area contributed by atoms with Crippen LogP contribution in [0.4, 0.5) is 0 Å². The molecule has 1 aromatic carbocycles. The van der Waals surface area contributed by atoms with E-state index in [-0.39, 0.29) is 23.7 Å². The van der Waals surface area contributed by atoms with Gasteiger partial charge in [0, 0.05) is 23.2 Å². The summed E-state index contributed by atoms with van der Waals surface area (Å²) >= 11 is 6.09. The highest BCUT2D eigenvalue weighted by molar-refractivity contribution is 6.30. The molecule has 26 heavy (non-hydrogen) atoms. The Morgan fingerprint density at radius 1 is 1.19 bits per heavy atom. The monoisotopic (exact) mass is 370 g/mol. The van der Waals surface area contributed by atoms with Gasteiger partial charge >= 0.3 is 0 Å². The van der Waals surface area contributed by atoms with Gasteiger partial charge in [0.25, 0.3) is 5.91 Å². The van der Waals surface area contributed by atoms with Crippen molar-refractivity contribution >= 4 is 23.3 Å². The Morgan fingerprint density at radius 2 is 1.92 bits per heavy atom. The Kier molecular flexibility index (Phi) is 4.89. The number of carbonyl (C=O) groups is 2. The number of benzene rings is 1. The fourth-order valence-electron chi connectivity index (χ4n) is 3.11. The van der Waals surface area contributed by atoms with Crippen LogP contribution in [0.5, 0.6) is 0 Å². The van der Waals surface area contributed by atoms with Crippen LogP contribution in [-0.4, -0.2) is 22.2 Å².